The average molecular weight is 372 g/mol. The summed E-state index contributed by atoms with van der Waals surface area (Å²) in [6, 6.07) is 14.2. The van der Waals surface area contributed by atoms with Crippen molar-refractivity contribution in [2.24, 2.45) is 0 Å². The molecule has 1 N–H and O–H groups in total. The van der Waals surface area contributed by atoms with E-state index in [1.165, 1.54) is 5.56 Å². The number of sulfone groups is 1. The Labute approximate surface area is 154 Å². The van der Waals surface area contributed by atoms with E-state index in [0.29, 0.717) is 30.8 Å². The molecule has 1 aliphatic heterocycles. The number of nitrogens with zero attached hydrogens (tertiary/aromatic N) is 1. The van der Waals surface area contributed by atoms with Gasteiger partial charge in [-0.3, -0.25) is 0 Å². The fourth-order valence-corrected chi connectivity index (χ4v) is 4.95. The third-order valence-corrected chi connectivity index (χ3v) is 7.28. The van der Waals surface area contributed by atoms with Crippen molar-refractivity contribution in [3.8, 4) is 0 Å². The molecule has 0 aromatic heterocycles. The molecule has 2 aromatic rings. The van der Waals surface area contributed by atoms with Crippen molar-refractivity contribution < 1.29 is 13.2 Å². The zero-order valence-electron chi connectivity index (χ0n) is 15.1. The summed E-state index contributed by atoms with van der Waals surface area (Å²) in [4.78, 5) is 14.5. The summed E-state index contributed by atoms with van der Waals surface area (Å²) in [6.45, 7) is 4.91. The van der Waals surface area contributed by atoms with E-state index in [-0.39, 0.29) is 6.03 Å². The van der Waals surface area contributed by atoms with Gasteiger partial charge in [0.25, 0.3) is 0 Å². The average Bonchev–Trinajstić information content (AvgIpc) is 2.65. The SMILES string of the molecule is Cc1ccc(NC(=O)N2CCC(S(=O)(=O)c3ccccc3)CC2)cc1C. The highest BCUT2D eigenvalue weighted by molar-refractivity contribution is 7.92. The molecule has 6 heteroatoms. The molecular weight excluding hydrogens is 348 g/mol. The number of benzene rings is 2. The number of urea groups is 1. The van der Waals surface area contributed by atoms with Crippen LogP contribution in [0, 0.1) is 13.8 Å². The Morgan fingerprint density at radius 3 is 2.27 bits per heavy atom. The number of hydrogen-bond donors (Lipinski definition) is 1. The van der Waals surface area contributed by atoms with Gasteiger partial charge in [0, 0.05) is 18.8 Å². The van der Waals surface area contributed by atoms with Gasteiger partial charge >= 0.3 is 6.03 Å². The molecule has 2 aromatic carbocycles. The minimum atomic E-state index is -3.34. The fraction of sp³-hybridized carbons (Fsp3) is 0.350. The van der Waals surface area contributed by atoms with Crippen LogP contribution in [0.25, 0.3) is 0 Å². The molecule has 1 fully saturated rings. The summed E-state index contributed by atoms with van der Waals surface area (Å²) in [7, 11) is -3.34. The Balaban J connectivity index is 1.61. The van der Waals surface area contributed by atoms with Crippen molar-refractivity contribution in [3.63, 3.8) is 0 Å². The summed E-state index contributed by atoms with van der Waals surface area (Å²) in [5, 5.41) is 2.47. The van der Waals surface area contributed by atoms with Crippen molar-refractivity contribution in [3.05, 3.63) is 59.7 Å². The van der Waals surface area contributed by atoms with Crippen LogP contribution in [0.4, 0.5) is 10.5 Å². The lowest BCUT2D eigenvalue weighted by atomic mass is 10.1. The Kier molecular flexibility index (Phi) is 5.32. The van der Waals surface area contributed by atoms with Gasteiger partial charge in [0.2, 0.25) is 0 Å². The van der Waals surface area contributed by atoms with Crippen LogP contribution in [0.5, 0.6) is 0 Å². The molecule has 0 aliphatic carbocycles. The number of carbonyl (C=O) groups is 1. The Bertz CT molecular complexity index is 887. The molecular formula is C20H24N2O3S. The van der Waals surface area contributed by atoms with E-state index >= 15 is 0 Å². The zero-order chi connectivity index (χ0) is 18.7. The maximum Gasteiger partial charge on any atom is 0.321 e. The van der Waals surface area contributed by atoms with Crippen molar-refractivity contribution >= 4 is 21.6 Å². The van der Waals surface area contributed by atoms with E-state index in [2.05, 4.69) is 5.32 Å². The summed E-state index contributed by atoms with van der Waals surface area (Å²) in [5.74, 6) is 0. The molecule has 2 amide bonds. The molecule has 3 rings (SSSR count). The molecule has 0 bridgehead atoms. The molecule has 0 unspecified atom stereocenters. The second-order valence-corrected chi connectivity index (χ2v) is 9.00. The lowest BCUT2D eigenvalue weighted by molar-refractivity contribution is 0.200. The summed E-state index contributed by atoms with van der Waals surface area (Å²) < 4.78 is 25.4. The third-order valence-electron chi connectivity index (χ3n) is 5.00. The van der Waals surface area contributed by atoms with E-state index < -0.39 is 15.1 Å². The number of carbonyl (C=O) groups excluding carboxylic acids is 1. The predicted molar refractivity (Wildman–Crippen MR) is 103 cm³/mol. The van der Waals surface area contributed by atoms with Crippen LogP contribution < -0.4 is 5.32 Å². The molecule has 0 atom stereocenters. The highest BCUT2D eigenvalue weighted by atomic mass is 32.2. The lowest BCUT2D eigenvalue weighted by Gasteiger charge is -2.31. The highest BCUT2D eigenvalue weighted by Gasteiger charge is 2.32. The number of amides is 2. The van der Waals surface area contributed by atoms with Gasteiger partial charge in [-0.25, -0.2) is 13.2 Å². The van der Waals surface area contributed by atoms with Crippen molar-refractivity contribution in [2.75, 3.05) is 18.4 Å². The van der Waals surface area contributed by atoms with Gasteiger partial charge in [0.05, 0.1) is 10.1 Å². The van der Waals surface area contributed by atoms with Gasteiger partial charge in [0.1, 0.15) is 0 Å². The van der Waals surface area contributed by atoms with Crippen LogP contribution in [0.3, 0.4) is 0 Å². The molecule has 5 nitrogen and oxygen atoms in total. The van der Waals surface area contributed by atoms with Crippen LogP contribution in [-0.4, -0.2) is 37.7 Å². The summed E-state index contributed by atoms with van der Waals surface area (Å²) in [5.41, 5.74) is 3.06. The molecule has 138 valence electrons. The highest BCUT2D eigenvalue weighted by Crippen LogP contribution is 2.25. The first-order chi connectivity index (χ1) is 12.4. The quantitative estimate of drug-likeness (QED) is 0.892. The number of piperidine rings is 1. The smallest absolute Gasteiger partial charge is 0.321 e. The normalized spacial score (nSPS) is 15.7. The molecule has 0 spiro atoms. The topological polar surface area (TPSA) is 66.5 Å². The van der Waals surface area contributed by atoms with Crippen LogP contribution in [0.2, 0.25) is 0 Å². The monoisotopic (exact) mass is 372 g/mol. The van der Waals surface area contributed by atoms with Crippen LogP contribution >= 0.6 is 0 Å². The van der Waals surface area contributed by atoms with Gasteiger partial charge in [-0.1, -0.05) is 24.3 Å². The van der Waals surface area contributed by atoms with Crippen LogP contribution in [-0.2, 0) is 9.84 Å². The molecule has 1 saturated heterocycles. The van der Waals surface area contributed by atoms with Gasteiger partial charge in [-0.2, -0.15) is 0 Å². The minimum Gasteiger partial charge on any atom is -0.324 e. The maximum atomic E-state index is 12.7. The first-order valence-electron chi connectivity index (χ1n) is 8.80. The lowest BCUT2D eigenvalue weighted by Crippen LogP contribution is -2.44. The molecule has 0 radical (unpaired) electrons. The number of hydrogen-bond acceptors (Lipinski definition) is 3. The first kappa shape index (κ1) is 18.5. The van der Waals surface area contributed by atoms with Crippen LogP contribution in [0.15, 0.2) is 53.4 Å². The van der Waals surface area contributed by atoms with Crippen LogP contribution in [0.1, 0.15) is 24.0 Å². The van der Waals surface area contributed by atoms with Gasteiger partial charge < -0.3 is 10.2 Å². The van der Waals surface area contributed by atoms with E-state index in [0.717, 1.165) is 11.3 Å². The Hall–Kier alpha value is -2.34. The van der Waals surface area contributed by atoms with E-state index in [9.17, 15) is 13.2 Å². The van der Waals surface area contributed by atoms with E-state index in [1.807, 2.05) is 32.0 Å². The number of nitrogens with one attached hydrogen (secondary N) is 1. The largest absolute Gasteiger partial charge is 0.324 e. The molecule has 1 aliphatic rings. The van der Waals surface area contributed by atoms with Crippen molar-refractivity contribution in [1.29, 1.82) is 0 Å². The zero-order valence-corrected chi connectivity index (χ0v) is 15.9. The Morgan fingerprint density at radius 2 is 1.65 bits per heavy atom. The number of aryl methyl sites for hydroxylation is 2. The summed E-state index contributed by atoms with van der Waals surface area (Å²) >= 11 is 0. The Morgan fingerprint density at radius 1 is 1.00 bits per heavy atom. The van der Waals surface area contributed by atoms with E-state index in [4.69, 9.17) is 0 Å². The second kappa shape index (κ2) is 7.50. The van der Waals surface area contributed by atoms with Gasteiger partial charge in [0.15, 0.2) is 9.84 Å². The molecule has 26 heavy (non-hydrogen) atoms. The number of rotatable bonds is 3. The predicted octanol–water partition coefficient (Wildman–Crippen LogP) is 3.77. The molecule has 0 saturated carbocycles. The first-order valence-corrected chi connectivity index (χ1v) is 10.3. The standard InChI is InChI=1S/C20H24N2O3S/c1-15-8-9-17(14-16(15)2)21-20(23)22-12-10-19(11-13-22)26(24,25)18-6-4-3-5-7-18/h3-9,14,19H,10-13H2,1-2H3,(H,21,23). The maximum absolute atomic E-state index is 12.7. The minimum absolute atomic E-state index is 0.177. The van der Waals surface area contributed by atoms with Gasteiger partial charge in [-0.05, 0) is 62.1 Å². The second-order valence-electron chi connectivity index (χ2n) is 6.77. The number of anilines is 1. The fourth-order valence-electron chi connectivity index (χ4n) is 3.19. The van der Waals surface area contributed by atoms with E-state index in [1.54, 1.807) is 35.2 Å². The van der Waals surface area contributed by atoms with Crippen molar-refractivity contribution in [1.82, 2.24) is 4.90 Å². The molecule has 1 heterocycles. The van der Waals surface area contributed by atoms with Gasteiger partial charge in [-0.15, -0.1) is 0 Å². The summed E-state index contributed by atoms with van der Waals surface area (Å²) in [6.07, 6.45) is 0.912. The third kappa shape index (κ3) is 3.90. The van der Waals surface area contributed by atoms with Crippen molar-refractivity contribution in [2.45, 2.75) is 36.8 Å². The number of likely N-dealkylation sites (tertiary alicyclic amines) is 1.